The summed E-state index contributed by atoms with van der Waals surface area (Å²) in [5.41, 5.74) is 1.84. The number of benzene rings is 2. The molecule has 0 aliphatic rings. The van der Waals surface area contributed by atoms with E-state index in [2.05, 4.69) is 10.6 Å². The van der Waals surface area contributed by atoms with Gasteiger partial charge in [-0.2, -0.15) is 4.31 Å². The van der Waals surface area contributed by atoms with E-state index in [4.69, 9.17) is 12.2 Å². The highest BCUT2D eigenvalue weighted by Crippen LogP contribution is 2.16. The highest BCUT2D eigenvalue weighted by atomic mass is 32.2. The van der Waals surface area contributed by atoms with Crippen LogP contribution in [0.1, 0.15) is 25.0 Å². The third-order valence-corrected chi connectivity index (χ3v) is 6.44. The molecular formula is C19H24FN3O2S2. The van der Waals surface area contributed by atoms with E-state index in [-0.39, 0.29) is 10.7 Å². The van der Waals surface area contributed by atoms with Gasteiger partial charge in [0.1, 0.15) is 5.82 Å². The second-order valence-electron chi connectivity index (χ2n) is 5.90. The predicted octanol–water partition coefficient (Wildman–Crippen LogP) is 3.02. The average Bonchev–Trinajstić information content (AvgIpc) is 2.67. The molecule has 5 nitrogen and oxygen atoms in total. The summed E-state index contributed by atoms with van der Waals surface area (Å²) in [6.45, 7) is 5.48. The second kappa shape index (κ2) is 9.77. The summed E-state index contributed by atoms with van der Waals surface area (Å²) >= 11 is 5.23. The molecule has 0 fully saturated rings. The lowest BCUT2D eigenvalue weighted by atomic mass is 10.2. The van der Waals surface area contributed by atoms with Gasteiger partial charge >= 0.3 is 0 Å². The minimum atomic E-state index is -3.44. The maximum absolute atomic E-state index is 12.9. The largest absolute Gasteiger partial charge is 0.359 e. The fourth-order valence-corrected chi connectivity index (χ4v) is 4.12. The van der Waals surface area contributed by atoms with E-state index in [1.54, 1.807) is 36.4 Å². The van der Waals surface area contributed by atoms with Crippen molar-refractivity contribution in [3.05, 3.63) is 65.5 Å². The quantitative estimate of drug-likeness (QED) is 0.657. The summed E-state index contributed by atoms with van der Waals surface area (Å²) in [5, 5.41) is 6.59. The first-order valence-corrected chi connectivity index (χ1v) is 10.6. The lowest BCUT2D eigenvalue weighted by Crippen LogP contribution is -2.34. The van der Waals surface area contributed by atoms with E-state index < -0.39 is 10.0 Å². The zero-order valence-corrected chi connectivity index (χ0v) is 17.0. The molecule has 8 heteroatoms. The van der Waals surface area contributed by atoms with Gasteiger partial charge in [0.15, 0.2) is 5.11 Å². The topological polar surface area (TPSA) is 61.4 Å². The van der Waals surface area contributed by atoms with Crippen molar-refractivity contribution >= 4 is 27.4 Å². The lowest BCUT2D eigenvalue weighted by Gasteiger charge is -2.18. The van der Waals surface area contributed by atoms with Crippen molar-refractivity contribution in [2.24, 2.45) is 0 Å². The molecule has 0 heterocycles. The number of nitrogens with zero attached hydrogens (tertiary/aromatic N) is 1. The summed E-state index contributed by atoms with van der Waals surface area (Å²) in [6.07, 6.45) is 0. The van der Waals surface area contributed by atoms with Crippen molar-refractivity contribution in [2.75, 3.05) is 13.1 Å². The molecule has 0 spiro atoms. The SMILES string of the molecule is CCN(CC)S(=O)(=O)c1ccc(CNC(=S)NCc2ccc(F)cc2)cc1. The van der Waals surface area contributed by atoms with Gasteiger partial charge in [0.25, 0.3) is 0 Å². The van der Waals surface area contributed by atoms with Crippen LogP contribution in [0, 0.1) is 5.82 Å². The summed E-state index contributed by atoms with van der Waals surface area (Å²) < 4.78 is 39.2. The van der Waals surface area contributed by atoms with E-state index in [0.717, 1.165) is 11.1 Å². The van der Waals surface area contributed by atoms with Crippen LogP contribution >= 0.6 is 12.2 Å². The van der Waals surface area contributed by atoms with Crippen LogP contribution in [-0.4, -0.2) is 30.9 Å². The van der Waals surface area contributed by atoms with E-state index in [0.29, 0.717) is 31.3 Å². The van der Waals surface area contributed by atoms with Crippen LogP contribution in [0.3, 0.4) is 0 Å². The number of halogens is 1. The monoisotopic (exact) mass is 409 g/mol. The van der Waals surface area contributed by atoms with Gasteiger partial charge < -0.3 is 10.6 Å². The van der Waals surface area contributed by atoms with Gasteiger partial charge in [-0.25, -0.2) is 12.8 Å². The van der Waals surface area contributed by atoms with Crippen molar-refractivity contribution < 1.29 is 12.8 Å². The Kier molecular flexibility index (Phi) is 7.70. The Morgan fingerprint density at radius 2 is 1.37 bits per heavy atom. The molecule has 0 saturated heterocycles. The molecule has 146 valence electrons. The molecule has 2 aromatic carbocycles. The van der Waals surface area contributed by atoms with Crippen LogP contribution in [0.2, 0.25) is 0 Å². The highest BCUT2D eigenvalue weighted by Gasteiger charge is 2.21. The average molecular weight is 410 g/mol. The first-order valence-electron chi connectivity index (χ1n) is 8.72. The number of sulfonamides is 1. The van der Waals surface area contributed by atoms with Crippen molar-refractivity contribution in [3.8, 4) is 0 Å². The third kappa shape index (κ3) is 5.98. The number of hydrogen-bond donors (Lipinski definition) is 2. The summed E-state index contributed by atoms with van der Waals surface area (Å²) in [5.74, 6) is -0.272. The summed E-state index contributed by atoms with van der Waals surface area (Å²) in [4.78, 5) is 0.284. The molecule has 0 saturated carbocycles. The van der Waals surface area contributed by atoms with Crippen molar-refractivity contribution in [2.45, 2.75) is 31.8 Å². The maximum Gasteiger partial charge on any atom is 0.243 e. The molecule has 0 bridgehead atoms. The molecule has 0 radical (unpaired) electrons. The minimum absolute atomic E-state index is 0.272. The minimum Gasteiger partial charge on any atom is -0.359 e. The molecule has 0 atom stereocenters. The van der Waals surface area contributed by atoms with Crippen molar-refractivity contribution in [1.82, 2.24) is 14.9 Å². The predicted molar refractivity (Wildman–Crippen MR) is 109 cm³/mol. The first-order chi connectivity index (χ1) is 12.9. The van der Waals surface area contributed by atoms with Crippen LogP contribution in [0.4, 0.5) is 4.39 Å². The number of nitrogens with one attached hydrogen (secondary N) is 2. The molecule has 0 aliphatic heterocycles. The van der Waals surface area contributed by atoms with Gasteiger partial charge in [-0.1, -0.05) is 38.1 Å². The molecule has 0 unspecified atom stereocenters. The van der Waals surface area contributed by atoms with Crippen molar-refractivity contribution in [3.63, 3.8) is 0 Å². The van der Waals surface area contributed by atoms with Crippen LogP contribution in [0.5, 0.6) is 0 Å². The van der Waals surface area contributed by atoms with Gasteiger partial charge in [-0.15, -0.1) is 0 Å². The van der Waals surface area contributed by atoms with Crippen LogP contribution < -0.4 is 10.6 Å². The molecule has 0 aromatic heterocycles. The van der Waals surface area contributed by atoms with Gasteiger partial charge in [0, 0.05) is 26.2 Å². The van der Waals surface area contributed by atoms with Crippen LogP contribution in [0.25, 0.3) is 0 Å². The normalized spacial score (nSPS) is 11.4. The Morgan fingerprint density at radius 3 is 1.81 bits per heavy atom. The Labute approximate surface area is 165 Å². The van der Waals surface area contributed by atoms with Crippen LogP contribution in [-0.2, 0) is 23.1 Å². The zero-order chi connectivity index (χ0) is 19.9. The van der Waals surface area contributed by atoms with Gasteiger partial charge in [0.05, 0.1) is 4.90 Å². The van der Waals surface area contributed by atoms with Gasteiger partial charge in [-0.3, -0.25) is 0 Å². The molecule has 2 N–H and O–H groups in total. The van der Waals surface area contributed by atoms with Crippen LogP contribution in [0.15, 0.2) is 53.4 Å². The van der Waals surface area contributed by atoms with Crippen molar-refractivity contribution in [1.29, 1.82) is 0 Å². The Bertz CT molecular complexity index is 850. The summed E-state index contributed by atoms with van der Waals surface area (Å²) in [6, 6.07) is 13.0. The first kappa shape index (κ1) is 21.3. The van der Waals surface area contributed by atoms with Gasteiger partial charge in [-0.05, 0) is 47.6 Å². The van der Waals surface area contributed by atoms with E-state index in [9.17, 15) is 12.8 Å². The maximum atomic E-state index is 12.9. The standard InChI is InChI=1S/C19H24FN3O2S2/c1-3-23(4-2)27(24,25)18-11-7-16(8-12-18)14-22-19(26)21-13-15-5-9-17(20)10-6-15/h5-12H,3-4,13-14H2,1-2H3,(H2,21,22,26). The Balaban J connectivity index is 1.87. The molecule has 0 aliphatic carbocycles. The Hall–Kier alpha value is -2.03. The third-order valence-electron chi connectivity index (χ3n) is 4.09. The fourth-order valence-electron chi connectivity index (χ4n) is 2.52. The molecule has 2 rings (SSSR count). The smallest absolute Gasteiger partial charge is 0.243 e. The van der Waals surface area contributed by atoms with E-state index in [1.165, 1.54) is 16.4 Å². The molecule has 0 amide bonds. The van der Waals surface area contributed by atoms with Gasteiger partial charge in [0.2, 0.25) is 10.0 Å². The Morgan fingerprint density at radius 1 is 0.926 bits per heavy atom. The number of hydrogen-bond acceptors (Lipinski definition) is 3. The highest BCUT2D eigenvalue weighted by molar-refractivity contribution is 7.89. The fraction of sp³-hybridized carbons (Fsp3) is 0.316. The molecule has 27 heavy (non-hydrogen) atoms. The second-order valence-corrected chi connectivity index (χ2v) is 8.24. The van der Waals surface area contributed by atoms with E-state index >= 15 is 0 Å². The zero-order valence-electron chi connectivity index (χ0n) is 15.4. The lowest BCUT2D eigenvalue weighted by molar-refractivity contribution is 0.445. The number of thiocarbonyl (C=S) groups is 1. The molecule has 2 aromatic rings. The van der Waals surface area contributed by atoms with E-state index in [1.807, 2.05) is 13.8 Å². The summed E-state index contributed by atoms with van der Waals surface area (Å²) in [7, 11) is -3.44. The number of rotatable bonds is 8. The molecular weight excluding hydrogens is 385 g/mol.